The molecule has 1 N–H and O–H groups in total. The number of anilines is 1. The predicted molar refractivity (Wildman–Crippen MR) is 123 cm³/mol. The zero-order valence-corrected chi connectivity index (χ0v) is 18.1. The van der Waals surface area contributed by atoms with Gasteiger partial charge in [-0.05, 0) is 43.9 Å². The van der Waals surface area contributed by atoms with Gasteiger partial charge in [0.15, 0.2) is 11.0 Å². The van der Waals surface area contributed by atoms with Gasteiger partial charge in [-0.15, -0.1) is 10.2 Å². The molecule has 0 spiro atoms. The predicted octanol–water partition coefficient (Wildman–Crippen LogP) is 4.83. The van der Waals surface area contributed by atoms with Crippen molar-refractivity contribution < 1.29 is 4.79 Å². The number of amides is 1. The van der Waals surface area contributed by atoms with E-state index in [-0.39, 0.29) is 11.9 Å². The number of aromatic nitrogens is 4. The van der Waals surface area contributed by atoms with E-state index in [0.29, 0.717) is 11.8 Å². The van der Waals surface area contributed by atoms with Crippen LogP contribution in [0.2, 0.25) is 0 Å². The quantitative estimate of drug-likeness (QED) is 0.462. The number of fused-ring (bicyclic) bond motifs is 2. The molecule has 0 bridgehead atoms. The lowest BCUT2D eigenvalue weighted by molar-refractivity contribution is -0.116. The molecule has 2 aromatic carbocycles. The van der Waals surface area contributed by atoms with E-state index in [2.05, 4.69) is 44.9 Å². The van der Waals surface area contributed by atoms with Crippen molar-refractivity contribution in [2.75, 3.05) is 10.7 Å². The number of carbonyl (C=O) groups is 1. The number of carbonyl (C=O) groups excluding carboxylic acids is 1. The highest BCUT2D eigenvalue weighted by molar-refractivity contribution is 7.99. The molecule has 1 aliphatic heterocycles. The first-order valence-corrected chi connectivity index (χ1v) is 11.7. The van der Waals surface area contributed by atoms with E-state index in [0.717, 1.165) is 52.4 Å². The van der Waals surface area contributed by atoms with Crippen LogP contribution in [0.1, 0.15) is 31.4 Å². The molecule has 2 aromatic heterocycles. The molecule has 0 saturated heterocycles. The van der Waals surface area contributed by atoms with Gasteiger partial charge in [0.05, 0.1) is 5.75 Å². The second kappa shape index (κ2) is 7.27. The normalized spacial score (nSPS) is 18.0. The Balaban J connectivity index is 1.28. The molecule has 1 amide bonds. The van der Waals surface area contributed by atoms with Gasteiger partial charge in [-0.3, -0.25) is 9.36 Å². The summed E-state index contributed by atoms with van der Waals surface area (Å²) < 4.78 is 2.23. The Morgan fingerprint density at radius 2 is 1.94 bits per heavy atom. The van der Waals surface area contributed by atoms with E-state index in [1.807, 2.05) is 41.4 Å². The highest BCUT2D eigenvalue weighted by Crippen LogP contribution is 2.42. The summed E-state index contributed by atoms with van der Waals surface area (Å²) in [5, 5.41) is 11.0. The average molecular weight is 430 g/mol. The lowest BCUT2D eigenvalue weighted by atomic mass is 10.1. The molecular formula is C24H23N5OS. The van der Waals surface area contributed by atoms with Gasteiger partial charge >= 0.3 is 0 Å². The summed E-state index contributed by atoms with van der Waals surface area (Å²) >= 11 is 1.50. The van der Waals surface area contributed by atoms with Gasteiger partial charge in [0.2, 0.25) is 5.91 Å². The van der Waals surface area contributed by atoms with Crippen molar-refractivity contribution in [1.29, 1.82) is 0 Å². The summed E-state index contributed by atoms with van der Waals surface area (Å²) in [4.78, 5) is 18.4. The molecule has 1 atom stereocenters. The van der Waals surface area contributed by atoms with Crippen molar-refractivity contribution in [3.63, 3.8) is 0 Å². The first kappa shape index (κ1) is 18.7. The van der Waals surface area contributed by atoms with E-state index >= 15 is 0 Å². The Hall–Kier alpha value is -3.06. The molecule has 6 nitrogen and oxygen atoms in total. The SMILES string of the molecule is C[C@H]1Cc2ccccc2N1C(=O)CSc1nnc(-c2c[nH]c3ccccc23)n1C1CC1. The monoisotopic (exact) mass is 429 g/mol. The Morgan fingerprint density at radius 1 is 1.13 bits per heavy atom. The van der Waals surface area contributed by atoms with Gasteiger partial charge < -0.3 is 9.88 Å². The number of rotatable bonds is 5. The van der Waals surface area contributed by atoms with E-state index in [1.165, 1.54) is 17.3 Å². The van der Waals surface area contributed by atoms with Crippen molar-refractivity contribution >= 4 is 34.3 Å². The molecule has 4 aromatic rings. The van der Waals surface area contributed by atoms with Crippen molar-refractivity contribution in [3.8, 4) is 11.4 Å². The maximum atomic E-state index is 13.1. The summed E-state index contributed by atoms with van der Waals surface area (Å²) in [6, 6.07) is 17.1. The topological polar surface area (TPSA) is 66.8 Å². The summed E-state index contributed by atoms with van der Waals surface area (Å²) in [7, 11) is 0. The Kier molecular flexibility index (Phi) is 4.38. The van der Waals surface area contributed by atoms with Crippen LogP contribution in [-0.4, -0.2) is 37.5 Å². The number of hydrogen-bond acceptors (Lipinski definition) is 4. The maximum absolute atomic E-state index is 13.1. The van der Waals surface area contributed by atoms with Crippen molar-refractivity contribution in [3.05, 3.63) is 60.3 Å². The Bertz CT molecular complexity index is 1290. The number of H-pyrrole nitrogens is 1. The second-order valence-electron chi connectivity index (χ2n) is 8.39. The fourth-order valence-electron chi connectivity index (χ4n) is 4.62. The molecule has 1 aliphatic carbocycles. The van der Waals surface area contributed by atoms with Crippen LogP contribution in [0.3, 0.4) is 0 Å². The minimum absolute atomic E-state index is 0.126. The number of nitrogens with one attached hydrogen (secondary N) is 1. The molecule has 0 radical (unpaired) electrons. The standard InChI is InChI=1S/C24H23N5OS/c1-15-12-16-6-2-5-9-21(16)28(15)22(30)14-31-24-27-26-23(29(24)17-10-11-17)19-13-25-20-8-4-3-7-18(19)20/h2-9,13,15,17,25H,10-12,14H2,1H3/t15-/m0/s1. The third-order valence-electron chi connectivity index (χ3n) is 6.21. The number of thioether (sulfide) groups is 1. The number of benzene rings is 2. The third-order valence-corrected chi connectivity index (χ3v) is 7.14. The molecule has 0 unspecified atom stereocenters. The van der Waals surface area contributed by atoms with Crippen LogP contribution >= 0.6 is 11.8 Å². The van der Waals surface area contributed by atoms with Gasteiger partial charge in [0.25, 0.3) is 0 Å². The molecule has 1 saturated carbocycles. The summed E-state index contributed by atoms with van der Waals surface area (Å²) in [5.41, 5.74) is 4.45. The van der Waals surface area contributed by atoms with E-state index in [1.54, 1.807) is 0 Å². The van der Waals surface area contributed by atoms with Crippen LogP contribution in [0.5, 0.6) is 0 Å². The summed E-state index contributed by atoms with van der Waals surface area (Å²) in [6.07, 6.45) is 5.18. The minimum atomic E-state index is 0.126. The van der Waals surface area contributed by atoms with Crippen molar-refractivity contribution in [1.82, 2.24) is 19.7 Å². The maximum Gasteiger partial charge on any atom is 0.237 e. The molecular weight excluding hydrogens is 406 g/mol. The fourth-order valence-corrected chi connectivity index (χ4v) is 5.48. The van der Waals surface area contributed by atoms with Crippen LogP contribution in [0, 0.1) is 0 Å². The third kappa shape index (κ3) is 3.15. The fraction of sp³-hybridized carbons (Fsp3) is 0.292. The lowest BCUT2D eigenvalue weighted by Gasteiger charge is -2.22. The van der Waals surface area contributed by atoms with Crippen molar-refractivity contribution in [2.45, 2.75) is 43.4 Å². The summed E-state index contributed by atoms with van der Waals surface area (Å²) in [6.45, 7) is 2.12. The average Bonchev–Trinajstić information content (AvgIpc) is 3.25. The van der Waals surface area contributed by atoms with Gasteiger partial charge in [-0.1, -0.05) is 48.2 Å². The van der Waals surface area contributed by atoms with E-state index < -0.39 is 0 Å². The van der Waals surface area contributed by atoms with Gasteiger partial charge in [-0.25, -0.2) is 0 Å². The Morgan fingerprint density at radius 3 is 2.81 bits per heavy atom. The number of aromatic amines is 1. The molecule has 156 valence electrons. The number of nitrogens with zero attached hydrogens (tertiary/aromatic N) is 4. The zero-order chi connectivity index (χ0) is 20.9. The molecule has 1 fully saturated rings. The Labute approximate surface area is 184 Å². The molecule has 31 heavy (non-hydrogen) atoms. The second-order valence-corrected chi connectivity index (χ2v) is 9.33. The number of hydrogen-bond donors (Lipinski definition) is 1. The highest BCUT2D eigenvalue weighted by atomic mass is 32.2. The largest absolute Gasteiger partial charge is 0.360 e. The molecule has 3 heterocycles. The van der Waals surface area contributed by atoms with Crippen LogP contribution in [0.4, 0.5) is 5.69 Å². The lowest BCUT2D eigenvalue weighted by Crippen LogP contribution is -2.37. The van der Waals surface area contributed by atoms with Gasteiger partial charge in [0, 0.05) is 40.4 Å². The van der Waals surface area contributed by atoms with Crippen LogP contribution in [0.25, 0.3) is 22.3 Å². The molecule has 7 heteroatoms. The minimum Gasteiger partial charge on any atom is -0.360 e. The first-order valence-electron chi connectivity index (χ1n) is 10.7. The van der Waals surface area contributed by atoms with E-state index in [9.17, 15) is 4.79 Å². The van der Waals surface area contributed by atoms with E-state index in [4.69, 9.17) is 0 Å². The number of para-hydroxylation sites is 2. The summed E-state index contributed by atoms with van der Waals surface area (Å²) in [5.74, 6) is 1.37. The smallest absolute Gasteiger partial charge is 0.237 e. The first-order chi connectivity index (χ1) is 15.2. The zero-order valence-electron chi connectivity index (χ0n) is 17.3. The van der Waals surface area contributed by atoms with Gasteiger partial charge in [-0.2, -0.15) is 0 Å². The van der Waals surface area contributed by atoms with Crippen LogP contribution in [0.15, 0.2) is 59.9 Å². The van der Waals surface area contributed by atoms with Crippen LogP contribution in [-0.2, 0) is 11.2 Å². The molecule has 6 rings (SSSR count). The molecule has 2 aliphatic rings. The van der Waals surface area contributed by atoms with Gasteiger partial charge in [0.1, 0.15) is 0 Å². The highest BCUT2D eigenvalue weighted by Gasteiger charge is 2.33. The van der Waals surface area contributed by atoms with Crippen LogP contribution < -0.4 is 4.90 Å². The van der Waals surface area contributed by atoms with Crippen molar-refractivity contribution in [2.24, 2.45) is 0 Å².